The maximum Gasteiger partial charge on any atom is 0.449 e. The zero-order valence-corrected chi connectivity index (χ0v) is 10.8. The molecule has 0 unspecified atom stereocenters. The van der Waals surface area contributed by atoms with Crippen LogP contribution in [0, 0.1) is 0 Å². The first-order chi connectivity index (χ1) is 9.08. The van der Waals surface area contributed by atoms with E-state index in [-0.39, 0.29) is 16.6 Å². The molecule has 1 aromatic heterocycles. The summed E-state index contributed by atoms with van der Waals surface area (Å²) in [7, 11) is -3.82. The molecule has 0 fully saturated rings. The lowest BCUT2D eigenvalue weighted by Crippen LogP contribution is -2.29. The summed E-state index contributed by atoms with van der Waals surface area (Å²) in [5.74, 6) is -2.30. The van der Waals surface area contributed by atoms with Crippen molar-refractivity contribution < 1.29 is 26.4 Å². The molecular weight excluding hydrogens is 299 g/mol. The van der Waals surface area contributed by atoms with Crippen molar-refractivity contribution >= 4 is 27.0 Å². The van der Waals surface area contributed by atoms with Gasteiger partial charge in [0.2, 0.25) is 15.8 Å². The van der Waals surface area contributed by atoms with Gasteiger partial charge in [0, 0.05) is 0 Å². The molecule has 10 heteroatoms. The lowest BCUT2D eigenvalue weighted by atomic mass is 10.2. The van der Waals surface area contributed by atoms with Crippen molar-refractivity contribution in [2.45, 2.75) is 6.18 Å². The monoisotopic (exact) mass is 307 g/mol. The van der Waals surface area contributed by atoms with Crippen LogP contribution in [-0.4, -0.2) is 30.5 Å². The third-order valence-corrected chi connectivity index (χ3v) is 2.86. The molecular formula is C10H8F3N3O3S. The Labute approximate surface area is 111 Å². The van der Waals surface area contributed by atoms with Gasteiger partial charge in [0.1, 0.15) is 5.52 Å². The van der Waals surface area contributed by atoms with Gasteiger partial charge in [-0.3, -0.25) is 4.79 Å². The van der Waals surface area contributed by atoms with Crippen LogP contribution in [0.1, 0.15) is 16.2 Å². The molecule has 0 aliphatic carbocycles. The second-order valence-corrected chi connectivity index (χ2v) is 5.74. The molecule has 0 bridgehead atoms. The molecule has 0 atom stereocenters. The van der Waals surface area contributed by atoms with E-state index in [0.717, 1.165) is 6.26 Å². The summed E-state index contributed by atoms with van der Waals surface area (Å²) < 4.78 is 61.2. The minimum atomic E-state index is -4.69. The first kappa shape index (κ1) is 14.3. The Morgan fingerprint density at radius 3 is 2.55 bits per heavy atom. The maximum absolute atomic E-state index is 12.5. The summed E-state index contributed by atoms with van der Waals surface area (Å²) in [6, 6.07) is 3.80. The number of aromatic nitrogens is 2. The molecule has 0 saturated carbocycles. The zero-order valence-electron chi connectivity index (χ0n) is 9.95. The highest BCUT2D eigenvalue weighted by molar-refractivity contribution is 7.89. The second kappa shape index (κ2) is 4.47. The van der Waals surface area contributed by atoms with Crippen molar-refractivity contribution in [3.05, 3.63) is 29.6 Å². The average Bonchev–Trinajstić information content (AvgIpc) is 2.69. The van der Waals surface area contributed by atoms with E-state index in [9.17, 15) is 26.4 Å². The number of nitrogens with zero attached hydrogens (tertiary/aromatic N) is 1. The fourth-order valence-corrected chi connectivity index (χ4v) is 2.02. The van der Waals surface area contributed by atoms with E-state index < -0.39 is 27.9 Å². The number of para-hydroxylation sites is 1. The number of carbonyl (C=O) groups excluding carboxylic acids is 1. The van der Waals surface area contributed by atoms with Gasteiger partial charge >= 0.3 is 6.18 Å². The van der Waals surface area contributed by atoms with Crippen molar-refractivity contribution in [3.63, 3.8) is 0 Å². The maximum atomic E-state index is 12.5. The highest BCUT2D eigenvalue weighted by atomic mass is 32.2. The standard InChI is InChI=1S/C10H8F3N3O3S/c1-20(18,19)16-8(17)5-3-2-4-6-7(5)15-9(14-6)10(11,12)13/h2-4H,1H3,(H,14,15)(H,16,17). The summed E-state index contributed by atoms with van der Waals surface area (Å²) in [5.41, 5.74) is -0.529. The van der Waals surface area contributed by atoms with Gasteiger partial charge in [-0.25, -0.2) is 18.1 Å². The minimum absolute atomic E-state index is 0.0153. The van der Waals surface area contributed by atoms with Crippen LogP contribution in [0.2, 0.25) is 0 Å². The van der Waals surface area contributed by atoms with Crippen molar-refractivity contribution in [3.8, 4) is 0 Å². The quantitative estimate of drug-likeness (QED) is 0.874. The van der Waals surface area contributed by atoms with Crippen LogP contribution in [0.3, 0.4) is 0 Å². The lowest BCUT2D eigenvalue weighted by molar-refractivity contribution is -0.144. The van der Waals surface area contributed by atoms with Gasteiger partial charge in [0.15, 0.2) is 0 Å². The second-order valence-electron chi connectivity index (χ2n) is 3.99. The van der Waals surface area contributed by atoms with Gasteiger partial charge in [-0.15, -0.1) is 0 Å². The highest BCUT2D eigenvalue weighted by Crippen LogP contribution is 2.29. The Hall–Kier alpha value is -2.10. The van der Waals surface area contributed by atoms with E-state index in [1.165, 1.54) is 18.2 Å². The smallest absolute Gasteiger partial charge is 0.334 e. The molecule has 2 rings (SSSR count). The van der Waals surface area contributed by atoms with Crippen molar-refractivity contribution in [2.24, 2.45) is 0 Å². The van der Waals surface area contributed by atoms with Crippen LogP contribution in [0.15, 0.2) is 18.2 Å². The molecule has 6 nitrogen and oxygen atoms in total. The molecule has 0 aliphatic heterocycles. The van der Waals surface area contributed by atoms with Crippen molar-refractivity contribution in [1.82, 2.24) is 14.7 Å². The number of H-pyrrole nitrogens is 1. The number of carbonyl (C=O) groups is 1. The highest BCUT2D eigenvalue weighted by Gasteiger charge is 2.35. The molecule has 0 spiro atoms. The zero-order chi connectivity index (χ0) is 15.1. The number of rotatable bonds is 2. The third kappa shape index (κ3) is 2.90. The van der Waals surface area contributed by atoms with Crippen LogP contribution < -0.4 is 4.72 Å². The summed E-state index contributed by atoms with van der Waals surface area (Å²) in [6.45, 7) is 0. The number of hydrogen-bond acceptors (Lipinski definition) is 4. The first-order valence-electron chi connectivity index (χ1n) is 5.16. The number of nitrogens with one attached hydrogen (secondary N) is 2. The van der Waals surface area contributed by atoms with Crippen LogP contribution in [0.4, 0.5) is 13.2 Å². The van der Waals surface area contributed by atoms with Gasteiger partial charge < -0.3 is 4.98 Å². The van der Waals surface area contributed by atoms with Crippen molar-refractivity contribution in [2.75, 3.05) is 6.26 Å². The Kier molecular flexibility index (Phi) is 3.20. The first-order valence-corrected chi connectivity index (χ1v) is 7.05. The van der Waals surface area contributed by atoms with E-state index in [1.54, 1.807) is 4.72 Å². The summed E-state index contributed by atoms with van der Waals surface area (Å²) in [4.78, 5) is 17.0. The number of sulfonamides is 1. The fraction of sp³-hybridized carbons (Fsp3) is 0.200. The molecule has 1 heterocycles. The molecule has 0 aliphatic rings. The van der Waals surface area contributed by atoms with E-state index in [4.69, 9.17) is 0 Å². The Balaban J connectivity index is 2.55. The van der Waals surface area contributed by atoms with Gasteiger partial charge in [-0.1, -0.05) is 6.07 Å². The van der Waals surface area contributed by atoms with Gasteiger partial charge in [-0.2, -0.15) is 13.2 Å². The average molecular weight is 307 g/mol. The Morgan fingerprint density at radius 2 is 2.00 bits per heavy atom. The van der Waals surface area contributed by atoms with Crippen LogP contribution in [0.25, 0.3) is 11.0 Å². The van der Waals surface area contributed by atoms with Gasteiger partial charge in [-0.05, 0) is 12.1 Å². The Morgan fingerprint density at radius 1 is 1.35 bits per heavy atom. The number of halogens is 3. The Bertz CT molecular complexity index is 780. The predicted molar refractivity (Wildman–Crippen MR) is 63.4 cm³/mol. The summed E-state index contributed by atoms with van der Waals surface area (Å²) in [5, 5.41) is 0. The molecule has 2 aromatic rings. The molecule has 1 amide bonds. The topological polar surface area (TPSA) is 91.9 Å². The summed E-state index contributed by atoms with van der Waals surface area (Å²) in [6.07, 6.45) is -3.93. The van der Waals surface area contributed by atoms with Crippen LogP contribution >= 0.6 is 0 Å². The number of amides is 1. The minimum Gasteiger partial charge on any atom is -0.334 e. The van der Waals surface area contributed by atoms with Gasteiger partial charge in [0.25, 0.3) is 5.91 Å². The summed E-state index contributed by atoms with van der Waals surface area (Å²) >= 11 is 0. The molecule has 108 valence electrons. The van der Waals surface area contributed by atoms with Crippen LogP contribution in [-0.2, 0) is 16.2 Å². The lowest BCUT2D eigenvalue weighted by Gasteiger charge is -2.02. The van der Waals surface area contributed by atoms with E-state index in [1.807, 2.05) is 4.98 Å². The number of hydrogen-bond donors (Lipinski definition) is 2. The van der Waals surface area contributed by atoms with E-state index >= 15 is 0 Å². The largest absolute Gasteiger partial charge is 0.449 e. The third-order valence-electron chi connectivity index (χ3n) is 2.30. The van der Waals surface area contributed by atoms with E-state index in [2.05, 4.69) is 4.98 Å². The molecule has 1 aromatic carbocycles. The fourth-order valence-electron chi connectivity index (χ4n) is 1.57. The molecule has 0 saturated heterocycles. The normalized spacial score (nSPS) is 12.6. The number of alkyl halides is 3. The number of aromatic amines is 1. The molecule has 2 N–H and O–H groups in total. The van der Waals surface area contributed by atoms with E-state index in [0.29, 0.717) is 0 Å². The molecule has 0 radical (unpaired) electrons. The predicted octanol–water partition coefficient (Wildman–Crippen LogP) is 1.27. The molecule has 20 heavy (non-hydrogen) atoms. The number of benzene rings is 1. The van der Waals surface area contributed by atoms with Crippen LogP contribution in [0.5, 0.6) is 0 Å². The number of imidazole rings is 1. The van der Waals surface area contributed by atoms with Crippen molar-refractivity contribution in [1.29, 1.82) is 0 Å². The SMILES string of the molecule is CS(=O)(=O)NC(=O)c1cccc2[nH]c(C(F)(F)F)nc12. The van der Waals surface area contributed by atoms with Gasteiger partial charge in [0.05, 0.1) is 17.3 Å². The number of fused-ring (bicyclic) bond motifs is 1.